The predicted octanol–water partition coefficient (Wildman–Crippen LogP) is 0.966. The van der Waals surface area contributed by atoms with Gasteiger partial charge in [-0.05, 0) is 37.1 Å². The number of benzene rings is 1. The Kier molecular flexibility index (Phi) is 5.98. The van der Waals surface area contributed by atoms with Gasteiger partial charge in [-0.3, -0.25) is 9.59 Å². The third-order valence-electron chi connectivity index (χ3n) is 3.19. The average Bonchev–Trinajstić information content (AvgIpc) is 2.85. The predicted molar refractivity (Wildman–Crippen MR) is 79.8 cm³/mol. The van der Waals surface area contributed by atoms with Gasteiger partial charge in [0.15, 0.2) is 0 Å². The van der Waals surface area contributed by atoms with Crippen molar-refractivity contribution in [1.29, 1.82) is 0 Å². The summed E-state index contributed by atoms with van der Waals surface area (Å²) in [5, 5.41) is 8.61. The minimum absolute atomic E-state index is 0. The molecule has 2 rings (SSSR count). The second kappa shape index (κ2) is 7.26. The Morgan fingerprint density at radius 1 is 1.30 bits per heavy atom. The molecule has 20 heavy (non-hydrogen) atoms. The number of amides is 2. The molecule has 0 saturated carbocycles. The van der Waals surface area contributed by atoms with Crippen LogP contribution in [0.4, 0.5) is 0 Å². The van der Waals surface area contributed by atoms with Gasteiger partial charge in [0.25, 0.3) is 5.91 Å². The molecule has 0 aliphatic carbocycles. The first-order valence-electron chi connectivity index (χ1n) is 6.53. The molecule has 6 heteroatoms. The lowest BCUT2D eigenvalue weighted by Crippen LogP contribution is -2.44. The van der Waals surface area contributed by atoms with E-state index in [4.69, 9.17) is 0 Å². The number of hydrogen-bond acceptors (Lipinski definition) is 3. The van der Waals surface area contributed by atoms with Crippen molar-refractivity contribution >= 4 is 24.2 Å². The van der Waals surface area contributed by atoms with Crippen molar-refractivity contribution < 1.29 is 9.59 Å². The highest BCUT2D eigenvalue weighted by Crippen LogP contribution is 2.17. The molecule has 0 bridgehead atoms. The summed E-state index contributed by atoms with van der Waals surface area (Å²) < 4.78 is 0. The molecule has 1 aromatic rings. The van der Waals surface area contributed by atoms with Crippen molar-refractivity contribution in [3.63, 3.8) is 0 Å². The Morgan fingerprint density at radius 2 is 2.00 bits per heavy atom. The number of halogens is 1. The van der Waals surface area contributed by atoms with Crippen LogP contribution in [0.2, 0.25) is 0 Å². The van der Waals surface area contributed by atoms with Gasteiger partial charge in [0.2, 0.25) is 5.91 Å². The number of rotatable bonds is 4. The quantitative estimate of drug-likeness (QED) is 0.775. The second-order valence-corrected chi connectivity index (χ2v) is 4.68. The van der Waals surface area contributed by atoms with Crippen LogP contribution in [0, 0.1) is 0 Å². The van der Waals surface area contributed by atoms with E-state index in [1.54, 1.807) is 13.0 Å². The molecule has 2 amide bonds. The van der Waals surface area contributed by atoms with Crippen molar-refractivity contribution in [3.05, 3.63) is 34.9 Å². The van der Waals surface area contributed by atoms with Gasteiger partial charge in [0.1, 0.15) is 6.04 Å². The van der Waals surface area contributed by atoms with Crippen LogP contribution in [0.5, 0.6) is 0 Å². The molecule has 0 fully saturated rings. The van der Waals surface area contributed by atoms with Gasteiger partial charge in [-0.25, -0.2) is 0 Å². The maximum absolute atomic E-state index is 12.1. The molecule has 0 saturated heterocycles. The number of carbonyl (C=O) groups excluding carboxylic acids is 2. The monoisotopic (exact) mass is 297 g/mol. The molecule has 1 atom stereocenters. The third kappa shape index (κ3) is 3.71. The van der Waals surface area contributed by atoms with Gasteiger partial charge in [0, 0.05) is 25.2 Å². The maximum Gasteiger partial charge on any atom is 0.251 e. The van der Waals surface area contributed by atoms with E-state index in [0.29, 0.717) is 12.1 Å². The Bertz CT molecular complexity index is 505. The van der Waals surface area contributed by atoms with Gasteiger partial charge < -0.3 is 16.0 Å². The largest absolute Gasteiger partial charge is 0.355 e. The molecule has 0 aromatic heterocycles. The number of carbonyl (C=O) groups is 2. The van der Waals surface area contributed by atoms with Gasteiger partial charge >= 0.3 is 0 Å². The highest BCUT2D eigenvalue weighted by atomic mass is 35.5. The van der Waals surface area contributed by atoms with E-state index in [2.05, 4.69) is 16.0 Å². The summed E-state index contributed by atoms with van der Waals surface area (Å²) in [5.41, 5.74) is 2.98. The lowest BCUT2D eigenvalue weighted by Gasteiger charge is -2.13. The standard InChI is InChI=1S/C14H19N3O2.ClH/c1-3-16-13(18)9(2)17-14(19)10-4-5-11-7-15-8-12(11)6-10;/h4-6,9,15H,3,7-8H2,1-2H3,(H,16,18)(H,17,19);1H. The van der Waals surface area contributed by atoms with E-state index >= 15 is 0 Å². The summed E-state index contributed by atoms with van der Waals surface area (Å²) in [5.74, 6) is -0.382. The van der Waals surface area contributed by atoms with Gasteiger partial charge in [0.05, 0.1) is 0 Å². The zero-order valence-corrected chi connectivity index (χ0v) is 12.5. The Labute approximate surface area is 124 Å². The first kappa shape index (κ1) is 16.5. The van der Waals surface area contributed by atoms with E-state index in [-0.39, 0.29) is 24.2 Å². The first-order chi connectivity index (χ1) is 9.11. The fourth-order valence-corrected chi connectivity index (χ4v) is 2.11. The molecule has 1 aliphatic rings. The molecule has 110 valence electrons. The summed E-state index contributed by atoms with van der Waals surface area (Å²) in [7, 11) is 0. The van der Waals surface area contributed by atoms with Crippen molar-refractivity contribution in [1.82, 2.24) is 16.0 Å². The Balaban J connectivity index is 0.00000200. The fraction of sp³-hybridized carbons (Fsp3) is 0.429. The van der Waals surface area contributed by atoms with E-state index in [1.165, 1.54) is 5.56 Å². The lowest BCUT2D eigenvalue weighted by atomic mass is 10.1. The summed E-state index contributed by atoms with van der Waals surface area (Å²) >= 11 is 0. The second-order valence-electron chi connectivity index (χ2n) is 4.68. The van der Waals surface area contributed by atoms with Crippen LogP contribution in [0.1, 0.15) is 35.3 Å². The first-order valence-corrected chi connectivity index (χ1v) is 6.53. The zero-order valence-electron chi connectivity index (χ0n) is 11.7. The lowest BCUT2D eigenvalue weighted by molar-refractivity contribution is -0.122. The molecule has 1 unspecified atom stereocenters. The number of likely N-dealkylation sites (N-methyl/N-ethyl adjacent to an activating group) is 1. The molecule has 1 heterocycles. The van der Waals surface area contributed by atoms with Crippen molar-refractivity contribution in [2.24, 2.45) is 0 Å². The van der Waals surface area contributed by atoms with E-state index in [0.717, 1.165) is 18.7 Å². The normalized spacial score (nSPS) is 13.9. The SMILES string of the molecule is CCNC(=O)C(C)NC(=O)c1ccc2c(c1)CNC2.Cl. The average molecular weight is 298 g/mol. The fourth-order valence-electron chi connectivity index (χ4n) is 2.11. The van der Waals surface area contributed by atoms with Crippen molar-refractivity contribution in [2.75, 3.05) is 6.54 Å². The van der Waals surface area contributed by atoms with Gasteiger partial charge in [-0.15, -0.1) is 12.4 Å². The molecule has 3 N–H and O–H groups in total. The molecular weight excluding hydrogens is 278 g/mol. The summed E-state index contributed by atoms with van der Waals surface area (Å²) in [6, 6.07) is 5.11. The molecule has 0 radical (unpaired) electrons. The summed E-state index contributed by atoms with van der Waals surface area (Å²) in [4.78, 5) is 23.6. The van der Waals surface area contributed by atoms with E-state index in [9.17, 15) is 9.59 Å². The Hall–Kier alpha value is -1.59. The van der Waals surface area contributed by atoms with Crippen LogP contribution in [-0.2, 0) is 17.9 Å². The van der Waals surface area contributed by atoms with E-state index in [1.807, 2.05) is 19.1 Å². The zero-order chi connectivity index (χ0) is 13.8. The van der Waals surface area contributed by atoms with Crippen molar-refractivity contribution in [3.8, 4) is 0 Å². The van der Waals surface area contributed by atoms with Crippen LogP contribution < -0.4 is 16.0 Å². The Morgan fingerprint density at radius 3 is 2.70 bits per heavy atom. The minimum Gasteiger partial charge on any atom is -0.355 e. The van der Waals surface area contributed by atoms with Crippen LogP contribution >= 0.6 is 12.4 Å². The molecule has 1 aliphatic heterocycles. The van der Waals surface area contributed by atoms with Crippen LogP contribution in [0.15, 0.2) is 18.2 Å². The maximum atomic E-state index is 12.1. The smallest absolute Gasteiger partial charge is 0.251 e. The van der Waals surface area contributed by atoms with Crippen LogP contribution in [-0.4, -0.2) is 24.4 Å². The summed E-state index contributed by atoms with van der Waals surface area (Å²) in [6.45, 7) is 5.73. The molecule has 1 aromatic carbocycles. The highest BCUT2D eigenvalue weighted by molar-refractivity contribution is 5.97. The molecule has 0 spiro atoms. The summed E-state index contributed by atoms with van der Waals surface area (Å²) in [6.07, 6.45) is 0. The van der Waals surface area contributed by atoms with Crippen molar-refractivity contribution in [2.45, 2.75) is 33.0 Å². The van der Waals surface area contributed by atoms with Gasteiger partial charge in [-0.2, -0.15) is 0 Å². The minimum atomic E-state index is -0.529. The number of nitrogens with one attached hydrogen (secondary N) is 3. The topological polar surface area (TPSA) is 70.2 Å². The molecule has 5 nitrogen and oxygen atoms in total. The highest BCUT2D eigenvalue weighted by Gasteiger charge is 2.17. The van der Waals surface area contributed by atoms with Gasteiger partial charge in [-0.1, -0.05) is 6.07 Å². The number of hydrogen-bond donors (Lipinski definition) is 3. The van der Waals surface area contributed by atoms with E-state index < -0.39 is 6.04 Å². The molecular formula is C14H20ClN3O2. The third-order valence-corrected chi connectivity index (χ3v) is 3.19. The van der Waals surface area contributed by atoms with Crippen LogP contribution in [0.25, 0.3) is 0 Å². The number of fused-ring (bicyclic) bond motifs is 1. The van der Waals surface area contributed by atoms with Crippen LogP contribution in [0.3, 0.4) is 0 Å².